The molecular formula is C25H23N5O4. The molecule has 34 heavy (non-hydrogen) atoms. The lowest BCUT2D eigenvalue weighted by atomic mass is 10.1. The summed E-state index contributed by atoms with van der Waals surface area (Å²) < 4.78 is 1.46. The van der Waals surface area contributed by atoms with Gasteiger partial charge in [-0.3, -0.25) is 23.9 Å². The maximum absolute atomic E-state index is 13.1. The molecular weight excluding hydrogens is 434 g/mol. The molecule has 0 saturated carbocycles. The van der Waals surface area contributed by atoms with E-state index in [0.29, 0.717) is 41.3 Å². The minimum Gasteiger partial charge on any atom is -0.337 e. The number of aromatic nitrogens is 2. The van der Waals surface area contributed by atoms with Gasteiger partial charge in [-0.05, 0) is 49.6 Å². The molecule has 5 rings (SSSR count). The van der Waals surface area contributed by atoms with Crippen molar-refractivity contribution in [3.05, 3.63) is 77.1 Å². The van der Waals surface area contributed by atoms with Crippen molar-refractivity contribution in [2.24, 2.45) is 7.05 Å². The zero-order valence-corrected chi connectivity index (χ0v) is 18.7. The number of aryl methyl sites for hydroxylation is 1. The highest BCUT2D eigenvalue weighted by atomic mass is 16.2. The summed E-state index contributed by atoms with van der Waals surface area (Å²) in [5.74, 6) is -1.51. The second-order valence-corrected chi connectivity index (χ2v) is 8.38. The van der Waals surface area contributed by atoms with E-state index in [9.17, 15) is 19.2 Å². The molecule has 3 heterocycles. The highest BCUT2D eigenvalue weighted by Gasteiger charge is 2.36. The third-order valence-corrected chi connectivity index (χ3v) is 6.19. The first-order chi connectivity index (χ1) is 16.5. The lowest BCUT2D eigenvalue weighted by Gasteiger charge is -2.27. The summed E-state index contributed by atoms with van der Waals surface area (Å²) in [5, 5.41) is 6.93. The molecule has 9 nitrogen and oxygen atoms in total. The van der Waals surface area contributed by atoms with Crippen molar-refractivity contribution >= 4 is 35.0 Å². The van der Waals surface area contributed by atoms with Gasteiger partial charge in [0, 0.05) is 25.7 Å². The lowest BCUT2D eigenvalue weighted by Crippen LogP contribution is -2.37. The highest BCUT2D eigenvalue weighted by Crippen LogP contribution is 2.29. The number of nitrogens with zero attached hydrogens (tertiary/aromatic N) is 4. The fourth-order valence-electron chi connectivity index (χ4n) is 4.43. The summed E-state index contributed by atoms with van der Waals surface area (Å²) in [6.07, 6.45) is 4.46. The van der Waals surface area contributed by atoms with Crippen LogP contribution >= 0.6 is 0 Å². The molecule has 1 aromatic heterocycles. The monoisotopic (exact) mass is 457 g/mol. The summed E-state index contributed by atoms with van der Waals surface area (Å²) in [7, 11) is 1.66. The van der Waals surface area contributed by atoms with Gasteiger partial charge in [0.15, 0.2) is 0 Å². The first kappa shape index (κ1) is 21.6. The van der Waals surface area contributed by atoms with Gasteiger partial charge in [0.1, 0.15) is 5.69 Å². The highest BCUT2D eigenvalue weighted by molar-refractivity contribution is 6.34. The first-order valence-electron chi connectivity index (χ1n) is 11.2. The molecule has 9 heteroatoms. The number of anilines is 2. The maximum atomic E-state index is 13.1. The number of carbonyl (C=O) groups excluding carboxylic acids is 4. The number of imide groups is 1. The van der Waals surface area contributed by atoms with Gasteiger partial charge in [-0.1, -0.05) is 18.2 Å². The average molecular weight is 457 g/mol. The molecule has 0 spiro atoms. The summed E-state index contributed by atoms with van der Waals surface area (Å²) in [6, 6.07) is 12.9. The van der Waals surface area contributed by atoms with E-state index < -0.39 is 17.7 Å². The Balaban J connectivity index is 1.39. The number of piperidine rings is 1. The van der Waals surface area contributed by atoms with Crippen LogP contribution in [0.4, 0.5) is 11.4 Å². The molecule has 2 aliphatic heterocycles. The van der Waals surface area contributed by atoms with Gasteiger partial charge in [-0.25, -0.2) is 4.90 Å². The Morgan fingerprint density at radius 1 is 0.912 bits per heavy atom. The standard InChI is InChI=1S/C25H23N5O4/c1-28-21(25(34)29-12-5-2-6-13-29)20(15-26-28)27-22(31)16-8-7-9-17(14-16)30-23(32)18-10-3-4-11-19(18)24(30)33/h3-4,7-11,14-15H,2,5-6,12-13H2,1H3,(H,27,31). The van der Waals surface area contributed by atoms with Crippen LogP contribution in [-0.4, -0.2) is 51.4 Å². The minimum absolute atomic E-state index is 0.172. The summed E-state index contributed by atoms with van der Waals surface area (Å²) in [5.41, 5.74) is 1.84. The quantitative estimate of drug-likeness (QED) is 0.606. The molecule has 172 valence electrons. The van der Waals surface area contributed by atoms with Gasteiger partial charge in [0.25, 0.3) is 23.6 Å². The van der Waals surface area contributed by atoms with Crippen LogP contribution in [0.3, 0.4) is 0 Å². The molecule has 0 atom stereocenters. The van der Waals surface area contributed by atoms with Crippen molar-refractivity contribution in [2.75, 3.05) is 23.3 Å². The Hall–Kier alpha value is -4.27. The van der Waals surface area contributed by atoms with E-state index in [4.69, 9.17) is 0 Å². The molecule has 1 saturated heterocycles. The Morgan fingerprint density at radius 2 is 1.59 bits per heavy atom. The van der Waals surface area contributed by atoms with Gasteiger partial charge in [-0.2, -0.15) is 5.10 Å². The molecule has 0 unspecified atom stereocenters. The van der Waals surface area contributed by atoms with Crippen molar-refractivity contribution in [3.8, 4) is 0 Å². The van der Waals surface area contributed by atoms with E-state index in [-0.39, 0.29) is 11.5 Å². The number of amides is 4. The molecule has 4 amide bonds. The van der Waals surface area contributed by atoms with Crippen LogP contribution in [0.1, 0.15) is 60.8 Å². The SMILES string of the molecule is Cn1ncc(NC(=O)c2cccc(N3C(=O)c4ccccc4C3=O)c2)c1C(=O)N1CCCCC1. The van der Waals surface area contributed by atoms with Crippen LogP contribution in [0.2, 0.25) is 0 Å². The third-order valence-electron chi connectivity index (χ3n) is 6.19. The first-order valence-corrected chi connectivity index (χ1v) is 11.2. The predicted molar refractivity (Wildman–Crippen MR) is 125 cm³/mol. The zero-order chi connectivity index (χ0) is 23.8. The fourth-order valence-corrected chi connectivity index (χ4v) is 4.43. The normalized spacial score (nSPS) is 15.4. The molecule has 1 N–H and O–H groups in total. The maximum Gasteiger partial charge on any atom is 0.274 e. The van der Waals surface area contributed by atoms with Crippen LogP contribution in [0.25, 0.3) is 0 Å². The van der Waals surface area contributed by atoms with Crippen molar-refractivity contribution in [3.63, 3.8) is 0 Å². The Labute approximate surface area is 196 Å². The Morgan fingerprint density at radius 3 is 2.26 bits per heavy atom. The zero-order valence-electron chi connectivity index (χ0n) is 18.7. The Bertz CT molecular complexity index is 1290. The van der Waals surface area contributed by atoms with Gasteiger partial charge < -0.3 is 10.2 Å². The van der Waals surface area contributed by atoms with E-state index in [2.05, 4.69) is 10.4 Å². The third kappa shape index (κ3) is 3.64. The van der Waals surface area contributed by atoms with Crippen molar-refractivity contribution in [1.82, 2.24) is 14.7 Å². The van der Waals surface area contributed by atoms with E-state index in [1.165, 1.54) is 16.9 Å². The van der Waals surface area contributed by atoms with Crippen LogP contribution in [0, 0.1) is 0 Å². The summed E-state index contributed by atoms with van der Waals surface area (Å²) >= 11 is 0. The minimum atomic E-state index is -0.473. The fraction of sp³-hybridized carbons (Fsp3) is 0.240. The topological polar surface area (TPSA) is 105 Å². The van der Waals surface area contributed by atoms with Gasteiger partial charge in [0.2, 0.25) is 0 Å². The molecule has 2 aromatic carbocycles. The van der Waals surface area contributed by atoms with Crippen LogP contribution in [0.15, 0.2) is 54.7 Å². The van der Waals surface area contributed by atoms with Crippen molar-refractivity contribution < 1.29 is 19.2 Å². The van der Waals surface area contributed by atoms with Gasteiger partial charge in [0.05, 0.1) is 28.7 Å². The van der Waals surface area contributed by atoms with E-state index in [0.717, 1.165) is 24.2 Å². The summed E-state index contributed by atoms with van der Waals surface area (Å²) in [6.45, 7) is 1.36. The van der Waals surface area contributed by atoms with Gasteiger partial charge >= 0.3 is 0 Å². The number of hydrogen-bond donors (Lipinski definition) is 1. The second kappa shape index (κ2) is 8.58. The molecule has 3 aromatic rings. The van der Waals surface area contributed by atoms with Crippen LogP contribution in [0.5, 0.6) is 0 Å². The van der Waals surface area contributed by atoms with E-state index in [1.807, 2.05) is 0 Å². The number of carbonyl (C=O) groups is 4. The number of fused-ring (bicyclic) bond motifs is 1. The summed E-state index contributed by atoms with van der Waals surface area (Å²) in [4.78, 5) is 54.6. The van der Waals surface area contributed by atoms with Crippen molar-refractivity contribution in [2.45, 2.75) is 19.3 Å². The Kier molecular flexibility index (Phi) is 5.45. The van der Waals surface area contributed by atoms with E-state index >= 15 is 0 Å². The number of benzene rings is 2. The molecule has 1 fully saturated rings. The van der Waals surface area contributed by atoms with Crippen molar-refractivity contribution in [1.29, 1.82) is 0 Å². The van der Waals surface area contributed by atoms with Gasteiger partial charge in [-0.15, -0.1) is 0 Å². The average Bonchev–Trinajstić information content (AvgIpc) is 3.35. The number of nitrogens with one attached hydrogen (secondary N) is 1. The number of hydrogen-bond acceptors (Lipinski definition) is 5. The smallest absolute Gasteiger partial charge is 0.274 e. The van der Waals surface area contributed by atoms with Crippen LogP contribution < -0.4 is 10.2 Å². The van der Waals surface area contributed by atoms with E-state index in [1.54, 1.807) is 54.4 Å². The molecule has 0 bridgehead atoms. The van der Waals surface area contributed by atoms with Crippen LogP contribution in [-0.2, 0) is 7.05 Å². The molecule has 0 radical (unpaired) electrons. The number of rotatable bonds is 4. The molecule has 0 aliphatic carbocycles. The lowest BCUT2D eigenvalue weighted by molar-refractivity contribution is 0.0713. The largest absolute Gasteiger partial charge is 0.337 e. The number of likely N-dealkylation sites (tertiary alicyclic amines) is 1. The predicted octanol–water partition coefficient (Wildman–Crippen LogP) is 3.10. The molecule has 2 aliphatic rings. The second-order valence-electron chi connectivity index (χ2n) is 8.38.